The van der Waals surface area contributed by atoms with E-state index < -0.39 is 0 Å². The average Bonchev–Trinajstić information content (AvgIpc) is 3.03. The summed E-state index contributed by atoms with van der Waals surface area (Å²) in [5.41, 5.74) is 12.0. The Kier molecular flexibility index (Phi) is 4.51. The highest BCUT2D eigenvalue weighted by molar-refractivity contribution is 5.92. The van der Waals surface area contributed by atoms with Gasteiger partial charge in [0, 0.05) is 17.6 Å². The maximum Gasteiger partial charge on any atom is 0.130 e. The van der Waals surface area contributed by atoms with Gasteiger partial charge in [-0.3, -0.25) is 0 Å². The van der Waals surface area contributed by atoms with Crippen molar-refractivity contribution in [3.63, 3.8) is 0 Å². The minimum Gasteiger partial charge on any atom is -0.398 e. The molecule has 4 nitrogen and oxygen atoms in total. The van der Waals surface area contributed by atoms with Crippen LogP contribution in [0.5, 0.6) is 0 Å². The summed E-state index contributed by atoms with van der Waals surface area (Å²) in [4.78, 5) is 7.14. The molecule has 2 aromatic carbocycles. The SMILES string of the molecule is CN(C)CCc1cc2c(N)cccc2nc1N[C@@H]1CCc2ccccc21. The van der Waals surface area contributed by atoms with Crippen LogP contribution in [-0.4, -0.2) is 30.5 Å². The van der Waals surface area contributed by atoms with Gasteiger partial charge in [-0.05, 0) is 68.2 Å². The van der Waals surface area contributed by atoms with E-state index in [0.29, 0.717) is 6.04 Å². The predicted octanol–water partition coefficient (Wildman–Crippen LogP) is 4.02. The van der Waals surface area contributed by atoms with Crippen LogP contribution in [0, 0.1) is 0 Å². The van der Waals surface area contributed by atoms with E-state index >= 15 is 0 Å². The molecule has 3 N–H and O–H groups in total. The average molecular weight is 346 g/mol. The second kappa shape index (κ2) is 6.96. The molecule has 0 saturated carbocycles. The first-order valence-electron chi connectivity index (χ1n) is 9.29. The lowest BCUT2D eigenvalue weighted by Gasteiger charge is -2.20. The highest BCUT2D eigenvalue weighted by Gasteiger charge is 2.23. The van der Waals surface area contributed by atoms with Crippen molar-refractivity contribution in [1.29, 1.82) is 0 Å². The molecule has 4 rings (SSSR count). The Morgan fingerprint density at radius 2 is 2.00 bits per heavy atom. The highest BCUT2D eigenvalue weighted by Crippen LogP contribution is 2.35. The van der Waals surface area contributed by atoms with Crippen molar-refractivity contribution in [2.45, 2.75) is 25.3 Å². The van der Waals surface area contributed by atoms with Crippen LogP contribution in [0.2, 0.25) is 0 Å². The number of anilines is 2. The van der Waals surface area contributed by atoms with Crippen LogP contribution >= 0.6 is 0 Å². The standard InChI is InChI=1S/C22H26N4/c1-26(2)13-12-16-14-18-19(23)8-5-9-20(18)24-22(16)25-21-11-10-15-6-3-4-7-17(15)21/h3-9,14,21H,10-13,23H2,1-2H3,(H,24,25)/t21-/m1/s1. The third kappa shape index (κ3) is 3.25. The second-order valence-corrected chi connectivity index (χ2v) is 7.40. The number of nitrogens with two attached hydrogens (primary N) is 1. The Morgan fingerprint density at radius 1 is 1.15 bits per heavy atom. The summed E-state index contributed by atoms with van der Waals surface area (Å²) in [6.45, 7) is 0.982. The van der Waals surface area contributed by atoms with Crippen LogP contribution in [-0.2, 0) is 12.8 Å². The van der Waals surface area contributed by atoms with Gasteiger partial charge in [-0.1, -0.05) is 30.3 Å². The Morgan fingerprint density at radius 3 is 2.85 bits per heavy atom. The van der Waals surface area contributed by atoms with Crippen LogP contribution in [0.3, 0.4) is 0 Å². The summed E-state index contributed by atoms with van der Waals surface area (Å²) >= 11 is 0. The fourth-order valence-electron chi connectivity index (χ4n) is 3.79. The molecule has 3 aromatic rings. The number of aromatic nitrogens is 1. The third-order valence-corrected chi connectivity index (χ3v) is 5.24. The minimum absolute atomic E-state index is 0.329. The highest BCUT2D eigenvalue weighted by atomic mass is 15.1. The Hall–Kier alpha value is -2.59. The van der Waals surface area contributed by atoms with Gasteiger partial charge in [0.2, 0.25) is 0 Å². The first-order chi connectivity index (χ1) is 12.6. The van der Waals surface area contributed by atoms with Crippen molar-refractivity contribution in [2.24, 2.45) is 0 Å². The van der Waals surface area contributed by atoms with E-state index in [0.717, 1.165) is 48.2 Å². The van der Waals surface area contributed by atoms with Crippen molar-refractivity contribution in [3.05, 3.63) is 65.2 Å². The number of nitrogens with zero attached hydrogens (tertiary/aromatic N) is 2. The van der Waals surface area contributed by atoms with Gasteiger partial charge in [-0.2, -0.15) is 0 Å². The molecule has 0 aliphatic heterocycles. The molecule has 26 heavy (non-hydrogen) atoms. The molecule has 0 amide bonds. The number of aryl methyl sites for hydroxylation is 1. The summed E-state index contributed by atoms with van der Waals surface area (Å²) in [6, 6.07) is 17.2. The number of pyridine rings is 1. The molecule has 1 atom stereocenters. The van der Waals surface area contributed by atoms with Crippen LogP contribution < -0.4 is 11.1 Å². The van der Waals surface area contributed by atoms with Crippen LogP contribution in [0.1, 0.15) is 29.2 Å². The van der Waals surface area contributed by atoms with Gasteiger partial charge in [-0.25, -0.2) is 4.98 Å². The van der Waals surface area contributed by atoms with Gasteiger partial charge < -0.3 is 16.0 Å². The smallest absolute Gasteiger partial charge is 0.130 e. The van der Waals surface area contributed by atoms with Crippen molar-refractivity contribution in [1.82, 2.24) is 9.88 Å². The summed E-state index contributed by atoms with van der Waals surface area (Å²) in [6.07, 6.45) is 3.19. The molecule has 1 aliphatic carbocycles. The molecule has 0 bridgehead atoms. The van der Waals surface area contributed by atoms with Gasteiger partial charge >= 0.3 is 0 Å². The quantitative estimate of drug-likeness (QED) is 0.685. The first kappa shape index (κ1) is 16.9. The van der Waals surface area contributed by atoms with Crippen LogP contribution in [0.4, 0.5) is 11.5 Å². The summed E-state index contributed by atoms with van der Waals surface area (Å²) in [5.74, 6) is 0.992. The van der Waals surface area contributed by atoms with Crippen LogP contribution in [0.25, 0.3) is 10.9 Å². The monoisotopic (exact) mass is 346 g/mol. The number of rotatable bonds is 5. The lowest BCUT2D eigenvalue weighted by atomic mass is 10.1. The fourth-order valence-corrected chi connectivity index (χ4v) is 3.79. The molecule has 0 fully saturated rings. The van der Waals surface area contributed by atoms with E-state index in [1.54, 1.807) is 0 Å². The van der Waals surface area contributed by atoms with Gasteiger partial charge in [-0.15, -0.1) is 0 Å². The van der Waals surface area contributed by atoms with E-state index in [1.165, 1.54) is 16.7 Å². The normalized spacial score (nSPS) is 16.2. The largest absolute Gasteiger partial charge is 0.398 e. The molecule has 1 heterocycles. The Balaban J connectivity index is 1.71. The third-order valence-electron chi connectivity index (χ3n) is 5.24. The maximum atomic E-state index is 6.19. The van der Waals surface area contributed by atoms with E-state index in [4.69, 9.17) is 10.7 Å². The van der Waals surface area contributed by atoms with Crippen LogP contribution in [0.15, 0.2) is 48.5 Å². The van der Waals surface area contributed by atoms with Gasteiger partial charge in [0.1, 0.15) is 5.82 Å². The minimum atomic E-state index is 0.329. The molecule has 0 unspecified atom stereocenters. The van der Waals surface area contributed by atoms with E-state index in [1.807, 2.05) is 18.2 Å². The number of hydrogen-bond acceptors (Lipinski definition) is 4. The van der Waals surface area contributed by atoms with Crippen molar-refractivity contribution >= 4 is 22.4 Å². The maximum absolute atomic E-state index is 6.19. The Labute approximate surface area is 155 Å². The molecule has 134 valence electrons. The molecule has 1 aliphatic rings. The molecular formula is C22H26N4. The summed E-state index contributed by atoms with van der Waals surface area (Å²) in [5, 5.41) is 4.77. The van der Waals surface area contributed by atoms with Crippen molar-refractivity contribution in [3.8, 4) is 0 Å². The zero-order chi connectivity index (χ0) is 18.1. The first-order valence-corrected chi connectivity index (χ1v) is 9.29. The molecule has 0 radical (unpaired) electrons. The molecule has 0 saturated heterocycles. The number of nitrogens with one attached hydrogen (secondary N) is 1. The second-order valence-electron chi connectivity index (χ2n) is 7.40. The zero-order valence-corrected chi connectivity index (χ0v) is 15.5. The molecule has 4 heteroatoms. The van der Waals surface area contributed by atoms with Gasteiger partial charge in [0.15, 0.2) is 0 Å². The number of fused-ring (bicyclic) bond motifs is 2. The van der Waals surface area contributed by atoms with Gasteiger partial charge in [0.25, 0.3) is 0 Å². The topological polar surface area (TPSA) is 54.2 Å². The van der Waals surface area contributed by atoms with Gasteiger partial charge in [0.05, 0.1) is 11.6 Å². The number of likely N-dealkylation sites (N-methyl/N-ethyl adjacent to an activating group) is 1. The summed E-state index contributed by atoms with van der Waals surface area (Å²) < 4.78 is 0. The molecular weight excluding hydrogens is 320 g/mol. The lowest BCUT2D eigenvalue weighted by Crippen LogP contribution is -2.17. The predicted molar refractivity (Wildman–Crippen MR) is 110 cm³/mol. The van der Waals surface area contributed by atoms with Crippen molar-refractivity contribution < 1.29 is 0 Å². The lowest BCUT2D eigenvalue weighted by molar-refractivity contribution is 0.413. The van der Waals surface area contributed by atoms with E-state index in [2.05, 4.69) is 54.6 Å². The fraction of sp³-hybridized carbons (Fsp3) is 0.318. The summed E-state index contributed by atoms with van der Waals surface area (Å²) in [7, 11) is 4.20. The zero-order valence-electron chi connectivity index (χ0n) is 15.5. The molecule has 0 spiro atoms. The number of nitrogen functional groups attached to an aromatic ring is 1. The van der Waals surface area contributed by atoms with E-state index in [9.17, 15) is 0 Å². The molecule has 1 aromatic heterocycles. The number of benzene rings is 2. The Bertz CT molecular complexity index is 933. The van der Waals surface area contributed by atoms with Crippen molar-refractivity contribution in [2.75, 3.05) is 31.7 Å². The number of hydrogen-bond donors (Lipinski definition) is 2. The van der Waals surface area contributed by atoms with E-state index in [-0.39, 0.29) is 0 Å².